The second-order valence-corrected chi connectivity index (χ2v) is 12.3. The first-order valence-corrected chi connectivity index (χ1v) is 16.5. The molecule has 12 heteroatoms. The van der Waals surface area contributed by atoms with Crippen LogP contribution in [0.2, 0.25) is 0 Å². The van der Waals surface area contributed by atoms with Crippen LogP contribution < -0.4 is 21.3 Å². The molecule has 1 aromatic heterocycles. The molecule has 2 aliphatic rings. The molecule has 2 heterocycles. The van der Waals surface area contributed by atoms with Crippen molar-refractivity contribution in [2.24, 2.45) is 16.6 Å². The number of nitrogens with one attached hydrogen (secondary N) is 2. The van der Waals surface area contributed by atoms with Crippen molar-refractivity contribution < 1.29 is 14.3 Å². The summed E-state index contributed by atoms with van der Waals surface area (Å²) < 4.78 is 6.08. The molecule has 42 heavy (non-hydrogen) atoms. The van der Waals surface area contributed by atoms with Crippen LogP contribution in [0.25, 0.3) is 0 Å². The van der Waals surface area contributed by atoms with Gasteiger partial charge in [-0.1, -0.05) is 68.1 Å². The highest BCUT2D eigenvalue weighted by Gasteiger charge is 2.24. The molecule has 0 saturated carbocycles. The Kier molecular flexibility index (Phi) is 15.0. The number of amides is 2. The maximum absolute atomic E-state index is 12.5. The van der Waals surface area contributed by atoms with Crippen molar-refractivity contribution in [3.63, 3.8) is 0 Å². The van der Waals surface area contributed by atoms with Crippen LogP contribution in [0.3, 0.4) is 0 Å². The zero-order valence-electron chi connectivity index (χ0n) is 25.0. The van der Waals surface area contributed by atoms with Crippen LogP contribution in [-0.4, -0.2) is 59.5 Å². The number of unbranched alkanes of at least 4 members (excludes halogenated alkanes) is 1. The van der Waals surface area contributed by atoms with Gasteiger partial charge in [0.2, 0.25) is 16.2 Å². The first-order valence-electron chi connectivity index (χ1n) is 14.8. The third-order valence-electron chi connectivity index (χ3n) is 6.78. The summed E-state index contributed by atoms with van der Waals surface area (Å²) in [4.78, 5) is 31.2. The summed E-state index contributed by atoms with van der Waals surface area (Å²) >= 11 is 2.61. The molecular formula is C30H45N7O3S2. The van der Waals surface area contributed by atoms with Crippen LogP contribution in [0.4, 0.5) is 10.3 Å². The minimum Gasteiger partial charge on any atom is -0.378 e. The highest BCUT2D eigenvalue weighted by molar-refractivity contribution is 8.14. The Bertz CT molecular complexity index is 1170. The van der Waals surface area contributed by atoms with Gasteiger partial charge >= 0.3 is 0 Å². The Morgan fingerprint density at radius 3 is 2.79 bits per heavy atom. The number of thioether (sulfide) groups is 1. The van der Waals surface area contributed by atoms with Gasteiger partial charge in [-0.3, -0.25) is 14.9 Å². The van der Waals surface area contributed by atoms with Crippen LogP contribution in [0.1, 0.15) is 71.6 Å². The minimum atomic E-state index is -0.399. The van der Waals surface area contributed by atoms with Gasteiger partial charge in [0.25, 0.3) is 5.91 Å². The number of ether oxygens (including phenoxy) is 1. The zero-order chi connectivity index (χ0) is 30.2. The van der Waals surface area contributed by atoms with Crippen molar-refractivity contribution in [3.8, 4) is 0 Å². The van der Waals surface area contributed by atoms with Crippen LogP contribution in [-0.2, 0) is 14.3 Å². The summed E-state index contributed by atoms with van der Waals surface area (Å²) in [5.41, 5.74) is 7.69. The molecule has 2 amide bonds. The second kappa shape index (κ2) is 18.7. The normalized spacial score (nSPS) is 17.5. The lowest BCUT2D eigenvalue weighted by atomic mass is 9.98. The number of anilines is 2. The molecule has 1 aromatic rings. The van der Waals surface area contributed by atoms with E-state index in [1.165, 1.54) is 23.1 Å². The van der Waals surface area contributed by atoms with Crippen molar-refractivity contribution in [2.45, 2.75) is 77.2 Å². The van der Waals surface area contributed by atoms with Crippen molar-refractivity contribution in [1.29, 1.82) is 0 Å². The number of aromatic nitrogens is 2. The van der Waals surface area contributed by atoms with Gasteiger partial charge in [0, 0.05) is 13.1 Å². The molecule has 1 unspecified atom stereocenters. The largest absolute Gasteiger partial charge is 0.378 e. The van der Waals surface area contributed by atoms with Crippen LogP contribution in [0, 0.1) is 5.92 Å². The van der Waals surface area contributed by atoms with Crippen LogP contribution in [0.15, 0.2) is 52.6 Å². The van der Waals surface area contributed by atoms with E-state index in [0.29, 0.717) is 24.1 Å². The van der Waals surface area contributed by atoms with E-state index >= 15 is 0 Å². The molecule has 0 spiro atoms. The van der Waals surface area contributed by atoms with E-state index in [0.717, 1.165) is 74.3 Å². The van der Waals surface area contributed by atoms with E-state index in [2.05, 4.69) is 62.8 Å². The number of piperidine rings is 1. The molecule has 1 fully saturated rings. The van der Waals surface area contributed by atoms with Gasteiger partial charge in [0.1, 0.15) is 0 Å². The molecule has 10 nitrogen and oxygen atoms in total. The molecular weight excluding hydrogens is 571 g/mol. The number of nitrogens with two attached hydrogens (primary N) is 1. The lowest BCUT2D eigenvalue weighted by molar-refractivity contribution is -0.117. The molecule has 0 radical (unpaired) electrons. The zero-order valence-corrected chi connectivity index (χ0v) is 26.6. The van der Waals surface area contributed by atoms with Gasteiger partial charge < -0.3 is 20.7 Å². The van der Waals surface area contributed by atoms with Gasteiger partial charge in [-0.15, -0.1) is 10.2 Å². The van der Waals surface area contributed by atoms with E-state index in [1.54, 1.807) is 7.05 Å². The van der Waals surface area contributed by atoms with Gasteiger partial charge in [0.15, 0.2) is 10.7 Å². The number of rotatable bonds is 15. The van der Waals surface area contributed by atoms with Crippen LogP contribution >= 0.6 is 23.1 Å². The first kappa shape index (κ1) is 33.7. The average molecular weight is 616 g/mol. The summed E-state index contributed by atoms with van der Waals surface area (Å²) in [7, 11) is 1.80. The van der Waals surface area contributed by atoms with Gasteiger partial charge in [0.05, 0.1) is 19.4 Å². The standard InChI is InChI=1S/C30H45N7O3S2/c1-4-6-11-22(12-7-5-2)19-25(38)33-27(31)41-30(32-3)40-21-24-15-17-37(18-16-24)29-36-35-28(42-29)34-26(39)20-23-13-9-8-10-14-23/h6,9,11-14,24,30,32H,4-5,7-8,10,15-21H2,1-3H3,(H2,31,33,38)(H,34,35,39)/b11-6-,22-12+. The number of amidine groups is 1. The summed E-state index contributed by atoms with van der Waals surface area (Å²) in [5, 5.41) is 16.0. The van der Waals surface area contributed by atoms with E-state index in [9.17, 15) is 9.59 Å². The smallest absolute Gasteiger partial charge is 0.252 e. The fraction of sp³-hybridized carbons (Fsp3) is 0.567. The van der Waals surface area contributed by atoms with Crippen molar-refractivity contribution in [1.82, 2.24) is 15.5 Å². The summed E-state index contributed by atoms with van der Waals surface area (Å²) in [5.74, 6) is 0.0533. The Hall–Kier alpha value is -2.80. The average Bonchev–Trinajstić information content (AvgIpc) is 3.45. The van der Waals surface area contributed by atoms with Gasteiger partial charge in [-0.2, -0.15) is 4.99 Å². The quantitative estimate of drug-likeness (QED) is 0.101. The number of carbonyl (C=O) groups is 2. The predicted octanol–water partition coefficient (Wildman–Crippen LogP) is 5.54. The van der Waals surface area contributed by atoms with Crippen molar-refractivity contribution in [3.05, 3.63) is 47.6 Å². The Morgan fingerprint density at radius 2 is 2.10 bits per heavy atom. The lowest BCUT2D eigenvalue weighted by Crippen LogP contribution is -2.37. The summed E-state index contributed by atoms with van der Waals surface area (Å²) in [6.07, 6.45) is 19.7. The highest BCUT2D eigenvalue weighted by atomic mass is 32.2. The molecule has 3 rings (SSSR count). The number of carbonyl (C=O) groups excluding carboxylic acids is 2. The van der Waals surface area contributed by atoms with Crippen LogP contribution in [0.5, 0.6) is 0 Å². The predicted molar refractivity (Wildman–Crippen MR) is 175 cm³/mol. The SMILES string of the molecule is CC/C=C\C(=C/CCC)CC(=O)N=C(N)SC(NC)OCC1CCN(c2nnc(NC(=O)CC3=CCCC=C3)s2)CC1. The maximum atomic E-state index is 12.5. The number of hydrogen-bond donors (Lipinski definition) is 3. The molecule has 0 bridgehead atoms. The molecule has 1 aliphatic carbocycles. The summed E-state index contributed by atoms with van der Waals surface area (Å²) in [6.45, 7) is 6.42. The van der Waals surface area contributed by atoms with Crippen molar-refractivity contribution in [2.75, 3.05) is 37.0 Å². The molecule has 4 N–H and O–H groups in total. The maximum Gasteiger partial charge on any atom is 0.252 e. The first-order chi connectivity index (χ1) is 20.4. The molecule has 0 aromatic carbocycles. The van der Waals surface area contributed by atoms with Gasteiger partial charge in [-0.05, 0) is 74.4 Å². The fourth-order valence-electron chi connectivity index (χ4n) is 4.50. The van der Waals surface area contributed by atoms with E-state index in [-0.39, 0.29) is 23.4 Å². The number of aliphatic imine (C=N–C) groups is 1. The van der Waals surface area contributed by atoms with Crippen molar-refractivity contribution >= 4 is 50.3 Å². The Balaban J connectivity index is 1.39. The fourth-order valence-corrected chi connectivity index (χ4v) is 5.95. The molecule has 230 valence electrons. The molecule has 1 aliphatic heterocycles. The number of allylic oxidation sites excluding steroid dienone is 6. The molecule has 1 saturated heterocycles. The lowest BCUT2D eigenvalue weighted by Gasteiger charge is -2.31. The third-order valence-corrected chi connectivity index (χ3v) is 8.60. The minimum absolute atomic E-state index is 0.0731. The number of hydrogen-bond acceptors (Lipinski definition) is 9. The van der Waals surface area contributed by atoms with E-state index in [1.807, 2.05) is 18.2 Å². The van der Waals surface area contributed by atoms with E-state index in [4.69, 9.17) is 10.5 Å². The Morgan fingerprint density at radius 1 is 1.29 bits per heavy atom. The molecule has 1 atom stereocenters. The third kappa shape index (κ3) is 12.2. The van der Waals surface area contributed by atoms with Gasteiger partial charge in [-0.25, -0.2) is 0 Å². The topological polar surface area (TPSA) is 135 Å². The monoisotopic (exact) mass is 615 g/mol. The Labute approximate surface area is 258 Å². The van der Waals surface area contributed by atoms with E-state index < -0.39 is 5.56 Å². The second-order valence-electron chi connectivity index (χ2n) is 10.3. The summed E-state index contributed by atoms with van der Waals surface area (Å²) in [6, 6.07) is 0. The number of nitrogens with zero attached hydrogens (tertiary/aromatic N) is 4. The highest BCUT2D eigenvalue weighted by Crippen LogP contribution is 2.29.